The normalized spacial score (nSPS) is 11.5. The fourth-order valence-corrected chi connectivity index (χ4v) is 1.24. The first kappa shape index (κ1) is 12.2. The van der Waals surface area contributed by atoms with Crippen molar-refractivity contribution >= 4 is 12.0 Å². The third kappa shape index (κ3) is 4.94. The summed E-state index contributed by atoms with van der Waals surface area (Å²) in [6, 6.07) is 6.10. The molecule has 0 saturated heterocycles. The SMILES string of the molecule is OCCc1ccc(OSC(F)(F)F)cc1. The molecule has 1 N–H and O–H groups in total. The molecule has 0 radical (unpaired) electrons. The average molecular weight is 238 g/mol. The van der Waals surface area contributed by atoms with Crippen molar-refractivity contribution in [2.45, 2.75) is 11.9 Å². The topological polar surface area (TPSA) is 29.5 Å². The third-order valence-corrected chi connectivity index (χ3v) is 2.02. The van der Waals surface area contributed by atoms with E-state index in [1.54, 1.807) is 12.1 Å². The van der Waals surface area contributed by atoms with Crippen LogP contribution in [0.2, 0.25) is 0 Å². The van der Waals surface area contributed by atoms with E-state index in [0.29, 0.717) is 6.42 Å². The van der Waals surface area contributed by atoms with Gasteiger partial charge >= 0.3 is 5.51 Å². The lowest BCUT2D eigenvalue weighted by Gasteiger charge is -2.06. The summed E-state index contributed by atoms with van der Waals surface area (Å²) < 4.78 is 39.7. The van der Waals surface area contributed by atoms with Crippen LogP contribution in [0.3, 0.4) is 0 Å². The van der Waals surface area contributed by atoms with E-state index in [-0.39, 0.29) is 12.4 Å². The fourth-order valence-electron chi connectivity index (χ4n) is 0.936. The van der Waals surface area contributed by atoms with Gasteiger partial charge in [-0.1, -0.05) is 12.1 Å². The molecule has 0 unspecified atom stereocenters. The Kier molecular flexibility index (Phi) is 4.28. The lowest BCUT2D eigenvalue weighted by Crippen LogP contribution is -2.02. The zero-order valence-electron chi connectivity index (χ0n) is 7.62. The van der Waals surface area contributed by atoms with Gasteiger partial charge in [-0.05, 0) is 24.1 Å². The Morgan fingerprint density at radius 3 is 2.27 bits per heavy atom. The van der Waals surface area contributed by atoms with Crippen molar-refractivity contribution in [3.63, 3.8) is 0 Å². The Balaban J connectivity index is 2.50. The minimum Gasteiger partial charge on any atom is -0.417 e. The molecule has 0 saturated carbocycles. The molecule has 0 aliphatic rings. The van der Waals surface area contributed by atoms with Crippen LogP contribution in [0.4, 0.5) is 13.2 Å². The van der Waals surface area contributed by atoms with Crippen LogP contribution in [0.15, 0.2) is 24.3 Å². The number of benzene rings is 1. The van der Waals surface area contributed by atoms with E-state index >= 15 is 0 Å². The molecule has 15 heavy (non-hydrogen) atoms. The molecule has 1 aromatic rings. The van der Waals surface area contributed by atoms with Gasteiger partial charge in [0, 0.05) is 6.61 Å². The van der Waals surface area contributed by atoms with Gasteiger partial charge in [0.1, 0.15) is 5.75 Å². The van der Waals surface area contributed by atoms with E-state index < -0.39 is 17.6 Å². The summed E-state index contributed by atoms with van der Waals surface area (Å²) in [7, 11) is 0. The standard InChI is InChI=1S/C9H9F3O2S/c10-9(11,12)15-14-8-3-1-7(2-4-8)5-6-13/h1-4,13H,5-6H2. The van der Waals surface area contributed by atoms with E-state index in [0.717, 1.165) is 5.56 Å². The molecular weight excluding hydrogens is 229 g/mol. The molecule has 0 atom stereocenters. The van der Waals surface area contributed by atoms with Crippen molar-refractivity contribution in [1.82, 2.24) is 0 Å². The maximum atomic E-state index is 11.7. The van der Waals surface area contributed by atoms with Crippen LogP contribution < -0.4 is 4.18 Å². The quantitative estimate of drug-likeness (QED) is 0.818. The molecule has 1 rings (SSSR count). The predicted octanol–water partition coefficient (Wildman–Crippen LogP) is 2.77. The number of rotatable bonds is 4. The van der Waals surface area contributed by atoms with E-state index in [1.807, 2.05) is 0 Å². The van der Waals surface area contributed by atoms with Gasteiger partial charge in [0.25, 0.3) is 0 Å². The van der Waals surface area contributed by atoms with Crippen molar-refractivity contribution in [3.8, 4) is 5.75 Å². The average Bonchev–Trinajstić information content (AvgIpc) is 2.16. The number of aliphatic hydroxyl groups is 1. The highest BCUT2D eigenvalue weighted by atomic mass is 32.2. The zero-order chi connectivity index (χ0) is 11.3. The first-order valence-corrected chi connectivity index (χ1v) is 4.87. The minimum atomic E-state index is -4.40. The highest BCUT2D eigenvalue weighted by molar-refractivity contribution is 7.95. The largest absolute Gasteiger partial charge is 0.479 e. The molecular formula is C9H9F3O2S. The smallest absolute Gasteiger partial charge is 0.417 e. The van der Waals surface area contributed by atoms with Crippen molar-refractivity contribution < 1.29 is 22.5 Å². The summed E-state index contributed by atoms with van der Waals surface area (Å²) >= 11 is -0.544. The number of alkyl halides is 3. The Morgan fingerprint density at radius 1 is 1.20 bits per heavy atom. The van der Waals surface area contributed by atoms with Gasteiger partial charge in [-0.15, -0.1) is 0 Å². The molecule has 0 heterocycles. The van der Waals surface area contributed by atoms with Crippen LogP contribution in [-0.2, 0) is 6.42 Å². The summed E-state index contributed by atoms with van der Waals surface area (Å²) in [5.41, 5.74) is -3.55. The molecule has 1 aromatic carbocycles. The van der Waals surface area contributed by atoms with Gasteiger partial charge in [0.05, 0.1) is 0 Å². The van der Waals surface area contributed by atoms with E-state index in [9.17, 15) is 13.2 Å². The maximum absolute atomic E-state index is 11.7. The van der Waals surface area contributed by atoms with Crippen molar-refractivity contribution in [2.75, 3.05) is 6.61 Å². The van der Waals surface area contributed by atoms with Crippen LogP contribution in [0.25, 0.3) is 0 Å². The summed E-state index contributed by atoms with van der Waals surface area (Å²) in [6.45, 7) is 0.0114. The molecule has 0 amide bonds. The lowest BCUT2D eigenvalue weighted by atomic mass is 10.2. The Hall–Kier alpha value is -0.880. The minimum absolute atomic E-state index is 0.0114. The molecule has 84 valence electrons. The molecule has 0 aliphatic carbocycles. The second-order valence-corrected chi connectivity index (χ2v) is 3.53. The monoisotopic (exact) mass is 238 g/mol. The zero-order valence-corrected chi connectivity index (χ0v) is 8.44. The Bertz CT molecular complexity index is 297. The summed E-state index contributed by atoms with van der Waals surface area (Å²) in [4.78, 5) is 0. The Labute approximate surface area is 89.3 Å². The third-order valence-electron chi connectivity index (χ3n) is 1.56. The summed E-state index contributed by atoms with van der Waals surface area (Å²) in [6.07, 6.45) is 0.479. The Morgan fingerprint density at radius 2 is 1.80 bits per heavy atom. The second-order valence-electron chi connectivity index (χ2n) is 2.73. The molecule has 0 aromatic heterocycles. The van der Waals surface area contributed by atoms with Gasteiger partial charge in [-0.3, -0.25) is 0 Å². The van der Waals surface area contributed by atoms with Gasteiger partial charge in [-0.2, -0.15) is 13.2 Å². The van der Waals surface area contributed by atoms with Crippen molar-refractivity contribution in [2.24, 2.45) is 0 Å². The predicted molar refractivity (Wildman–Crippen MR) is 51.5 cm³/mol. The lowest BCUT2D eigenvalue weighted by molar-refractivity contribution is -0.0369. The van der Waals surface area contributed by atoms with Crippen LogP contribution in [0.1, 0.15) is 5.56 Å². The van der Waals surface area contributed by atoms with E-state index in [2.05, 4.69) is 4.18 Å². The second kappa shape index (κ2) is 5.27. The molecule has 0 spiro atoms. The highest BCUT2D eigenvalue weighted by Crippen LogP contribution is 2.32. The molecule has 0 aliphatic heterocycles. The first-order valence-electron chi connectivity index (χ1n) is 4.13. The molecule has 2 nitrogen and oxygen atoms in total. The number of halogens is 3. The molecule has 0 bridgehead atoms. The molecule has 0 fully saturated rings. The number of hydrogen-bond acceptors (Lipinski definition) is 3. The maximum Gasteiger partial charge on any atom is 0.479 e. The number of aliphatic hydroxyl groups excluding tert-OH is 1. The summed E-state index contributed by atoms with van der Waals surface area (Å²) in [5, 5.41) is 8.61. The van der Waals surface area contributed by atoms with Crippen LogP contribution >= 0.6 is 12.0 Å². The van der Waals surface area contributed by atoms with Gasteiger partial charge in [-0.25, -0.2) is 0 Å². The van der Waals surface area contributed by atoms with Crippen molar-refractivity contribution in [1.29, 1.82) is 0 Å². The van der Waals surface area contributed by atoms with Gasteiger partial charge in [0.2, 0.25) is 0 Å². The first-order chi connectivity index (χ1) is 7.01. The highest BCUT2D eigenvalue weighted by Gasteiger charge is 2.31. The van der Waals surface area contributed by atoms with Crippen LogP contribution in [-0.4, -0.2) is 17.2 Å². The van der Waals surface area contributed by atoms with Gasteiger partial charge in [0.15, 0.2) is 12.0 Å². The summed E-state index contributed by atoms with van der Waals surface area (Å²) in [5.74, 6) is 0.138. The molecule has 6 heteroatoms. The van der Waals surface area contributed by atoms with Gasteiger partial charge < -0.3 is 9.29 Å². The van der Waals surface area contributed by atoms with E-state index in [4.69, 9.17) is 5.11 Å². The van der Waals surface area contributed by atoms with Crippen LogP contribution in [0, 0.1) is 0 Å². The van der Waals surface area contributed by atoms with E-state index in [1.165, 1.54) is 12.1 Å². The van der Waals surface area contributed by atoms with Crippen LogP contribution in [0.5, 0.6) is 5.75 Å². The number of hydrogen-bond donors (Lipinski definition) is 1. The fraction of sp³-hybridized carbons (Fsp3) is 0.333. The van der Waals surface area contributed by atoms with Crippen molar-refractivity contribution in [3.05, 3.63) is 29.8 Å².